The third kappa shape index (κ3) is 0.788. The number of hydrogen-bond donors (Lipinski definition) is 2. The lowest BCUT2D eigenvalue weighted by Gasteiger charge is -1.80. The van der Waals surface area contributed by atoms with E-state index in [9.17, 15) is 0 Å². The Hall–Kier alpha value is -0.370. The number of halogens is 1. The van der Waals surface area contributed by atoms with Gasteiger partial charge in [-0.05, 0) is 0 Å². The number of rotatable bonds is 0. The van der Waals surface area contributed by atoms with Crippen molar-refractivity contribution in [1.82, 2.24) is 19.8 Å². The third-order valence-electron chi connectivity index (χ3n) is 1.18. The van der Waals surface area contributed by atoms with E-state index in [1.54, 1.807) is 4.52 Å². The fourth-order valence-corrected chi connectivity index (χ4v) is 1.48. The maximum Gasteiger partial charge on any atom is 0.211 e. The van der Waals surface area contributed by atoms with Crippen molar-refractivity contribution >= 4 is 40.5 Å². The summed E-state index contributed by atoms with van der Waals surface area (Å²) in [5.74, 6) is 0. The van der Waals surface area contributed by atoms with Crippen molar-refractivity contribution in [3.8, 4) is 0 Å². The molecular formula is C4H3IN4S. The third-order valence-corrected chi connectivity index (χ3v) is 2.11. The summed E-state index contributed by atoms with van der Waals surface area (Å²) in [7, 11) is 0. The summed E-state index contributed by atoms with van der Waals surface area (Å²) in [5.41, 5.74) is 0.898. The molecule has 0 saturated heterocycles. The number of aromatic nitrogens is 4. The minimum Gasteiger partial charge on any atom is -0.280 e. The normalized spacial score (nSPS) is 10.9. The Kier molecular flexibility index (Phi) is 1.31. The van der Waals surface area contributed by atoms with Gasteiger partial charge in [-0.3, -0.25) is 10.2 Å². The van der Waals surface area contributed by atoms with E-state index < -0.39 is 0 Å². The van der Waals surface area contributed by atoms with Gasteiger partial charge in [0.2, 0.25) is 3.83 Å². The fraction of sp³-hybridized carbons (Fsp3) is 0. The van der Waals surface area contributed by atoms with E-state index in [1.165, 1.54) is 0 Å². The van der Waals surface area contributed by atoms with Crippen LogP contribution < -0.4 is 0 Å². The number of aromatic amines is 2. The monoisotopic (exact) mass is 266 g/mol. The summed E-state index contributed by atoms with van der Waals surface area (Å²) >= 11 is 7.01. The summed E-state index contributed by atoms with van der Waals surface area (Å²) in [6, 6.07) is 1.82. The number of nitrogens with zero attached hydrogens (tertiary/aromatic N) is 2. The van der Waals surface area contributed by atoms with Crippen molar-refractivity contribution in [3.05, 3.63) is 14.5 Å². The van der Waals surface area contributed by atoms with E-state index in [-0.39, 0.29) is 0 Å². The van der Waals surface area contributed by atoms with E-state index in [1.807, 2.05) is 6.07 Å². The second kappa shape index (κ2) is 2.06. The quantitative estimate of drug-likeness (QED) is 0.558. The Bertz CT molecular complexity index is 410. The highest BCUT2D eigenvalue weighted by atomic mass is 127. The van der Waals surface area contributed by atoms with Gasteiger partial charge in [0.15, 0.2) is 5.65 Å². The number of hydrogen-bond acceptors (Lipinski definition) is 2. The Labute approximate surface area is 74.8 Å². The minimum absolute atomic E-state index is 0.714. The highest BCUT2D eigenvalue weighted by Gasteiger charge is 1.99. The second-order valence-corrected chi connectivity index (χ2v) is 3.24. The minimum atomic E-state index is 0.714. The highest BCUT2D eigenvalue weighted by molar-refractivity contribution is 14.1. The van der Waals surface area contributed by atoms with Gasteiger partial charge in [0.05, 0.1) is 0 Å². The van der Waals surface area contributed by atoms with E-state index in [0.29, 0.717) is 4.64 Å². The van der Waals surface area contributed by atoms with Crippen LogP contribution in [-0.4, -0.2) is 19.8 Å². The maximum absolute atomic E-state index is 4.90. The first-order chi connectivity index (χ1) is 4.77. The molecule has 0 amide bonds. The highest BCUT2D eigenvalue weighted by Crippen LogP contribution is 2.03. The van der Waals surface area contributed by atoms with Crippen LogP contribution in [0.25, 0.3) is 5.65 Å². The summed E-state index contributed by atoms with van der Waals surface area (Å²) in [4.78, 5) is 0. The molecule has 52 valence electrons. The van der Waals surface area contributed by atoms with Crippen molar-refractivity contribution in [3.63, 3.8) is 0 Å². The maximum atomic E-state index is 4.90. The first kappa shape index (κ1) is 6.35. The zero-order chi connectivity index (χ0) is 7.14. The molecule has 10 heavy (non-hydrogen) atoms. The average molecular weight is 266 g/mol. The summed E-state index contributed by atoms with van der Waals surface area (Å²) in [5, 5.41) is 9.70. The number of nitrogens with one attached hydrogen (secondary N) is 2. The van der Waals surface area contributed by atoms with Gasteiger partial charge < -0.3 is 0 Å². The molecular weight excluding hydrogens is 263 g/mol. The summed E-state index contributed by atoms with van der Waals surface area (Å²) < 4.78 is 3.36. The standard InChI is InChI=1S/C4H3IN4S/c5-4-7-6-2-1-3(10)8-9(2)4/h1,6H,(H,8,10). The number of fused-ring (bicyclic) bond motifs is 1. The fourth-order valence-electron chi connectivity index (χ4n) is 0.773. The largest absolute Gasteiger partial charge is 0.280 e. The lowest BCUT2D eigenvalue weighted by molar-refractivity contribution is 0.910. The van der Waals surface area contributed by atoms with Gasteiger partial charge >= 0.3 is 0 Å². The summed E-state index contributed by atoms with van der Waals surface area (Å²) in [6.45, 7) is 0. The Balaban J connectivity index is 3.03. The Morgan fingerprint density at radius 3 is 3.20 bits per heavy atom. The molecule has 0 saturated carbocycles. The molecule has 2 heterocycles. The first-order valence-corrected chi connectivity index (χ1v) is 4.08. The van der Waals surface area contributed by atoms with Gasteiger partial charge in [-0.15, -0.1) is 5.10 Å². The van der Waals surface area contributed by atoms with Crippen molar-refractivity contribution in [1.29, 1.82) is 0 Å². The van der Waals surface area contributed by atoms with Gasteiger partial charge in [0, 0.05) is 28.7 Å². The SMILES string of the molecule is S=c1cc2[nH]nc(I)n2[nH]1. The molecule has 2 rings (SSSR count). The molecule has 2 N–H and O–H groups in total. The zero-order valence-electron chi connectivity index (χ0n) is 4.76. The van der Waals surface area contributed by atoms with Crippen LogP contribution >= 0.6 is 34.8 Å². The summed E-state index contributed by atoms with van der Waals surface area (Å²) in [6.07, 6.45) is 0. The molecule has 0 fully saturated rings. The van der Waals surface area contributed by atoms with Crippen molar-refractivity contribution in [2.45, 2.75) is 0 Å². The van der Waals surface area contributed by atoms with Crippen LogP contribution in [0.2, 0.25) is 0 Å². The van der Waals surface area contributed by atoms with Crippen LogP contribution in [-0.2, 0) is 0 Å². The predicted molar refractivity (Wildman–Crippen MR) is 47.4 cm³/mol. The van der Waals surface area contributed by atoms with E-state index >= 15 is 0 Å². The van der Waals surface area contributed by atoms with Gasteiger partial charge in [-0.25, -0.2) is 4.52 Å². The second-order valence-electron chi connectivity index (χ2n) is 1.83. The van der Waals surface area contributed by atoms with Crippen LogP contribution in [0, 0.1) is 8.47 Å². The molecule has 4 nitrogen and oxygen atoms in total. The van der Waals surface area contributed by atoms with Crippen molar-refractivity contribution in [2.24, 2.45) is 0 Å². The molecule has 0 aromatic carbocycles. The Morgan fingerprint density at radius 2 is 2.50 bits per heavy atom. The molecule has 0 aliphatic rings. The van der Waals surface area contributed by atoms with Crippen molar-refractivity contribution in [2.75, 3.05) is 0 Å². The van der Waals surface area contributed by atoms with Crippen LogP contribution in [0.1, 0.15) is 0 Å². The van der Waals surface area contributed by atoms with Crippen LogP contribution in [0.3, 0.4) is 0 Å². The molecule has 0 aliphatic carbocycles. The smallest absolute Gasteiger partial charge is 0.211 e. The van der Waals surface area contributed by atoms with Gasteiger partial charge in [0.1, 0.15) is 4.64 Å². The van der Waals surface area contributed by atoms with Gasteiger partial charge in [0.25, 0.3) is 0 Å². The van der Waals surface area contributed by atoms with Crippen LogP contribution in [0.4, 0.5) is 0 Å². The van der Waals surface area contributed by atoms with Crippen LogP contribution in [0.5, 0.6) is 0 Å². The molecule has 6 heteroatoms. The van der Waals surface area contributed by atoms with E-state index in [2.05, 4.69) is 37.9 Å². The first-order valence-electron chi connectivity index (χ1n) is 2.59. The van der Waals surface area contributed by atoms with Gasteiger partial charge in [-0.2, -0.15) is 0 Å². The molecule has 0 spiro atoms. The number of H-pyrrole nitrogens is 2. The molecule has 2 aromatic heterocycles. The van der Waals surface area contributed by atoms with Crippen molar-refractivity contribution < 1.29 is 0 Å². The van der Waals surface area contributed by atoms with Gasteiger partial charge in [-0.1, -0.05) is 12.2 Å². The topological polar surface area (TPSA) is 48.9 Å². The Morgan fingerprint density at radius 1 is 1.70 bits per heavy atom. The predicted octanol–water partition coefficient (Wildman–Crippen LogP) is 1.32. The molecule has 0 unspecified atom stereocenters. The molecule has 0 atom stereocenters. The molecule has 0 radical (unpaired) electrons. The lowest BCUT2D eigenvalue weighted by atomic mass is 10.7. The zero-order valence-corrected chi connectivity index (χ0v) is 7.73. The molecule has 0 bridgehead atoms. The van der Waals surface area contributed by atoms with E-state index in [0.717, 1.165) is 9.48 Å². The van der Waals surface area contributed by atoms with E-state index in [4.69, 9.17) is 12.2 Å². The average Bonchev–Trinajstić information content (AvgIpc) is 2.35. The molecule has 2 aromatic rings. The lowest BCUT2D eigenvalue weighted by Crippen LogP contribution is -1.85. The molecule has 0 aliphatic heterocycles. The van der Waals surface area contributed by atoms with Crippen LogP contribution in [0.15, 0.2) is 6.07 Å².